The fourth-order valence-corrected chi connectivity index (χ4v) is 3.70. The Hall–Kier alpha value is -2.42. The summed E-state index contributed by atoms with van der Waals surface area (Å²) in [6, 6.07) is 14.4. The van der Waals surface area contributed by atoms with E-state index in [0.717, 1.165) is 11.1 Å². The van der Waals surface area contributed by atoms with Gasteiger partial charge in [-0.2, -0.15) is 0 Å². The van der Waals surface area contributed by atoms with Crippen LogP contribution in [0.15, 0.2) is 48.5 Å². The number of anilines is 1. The second-order valence-electron chi connectivity index (χ2n) is 7.13. The molecule has 0 bridgehead atoms. The first kappa shape index (κ1) is 21.3. The summed E-state index contributed by atoms with van der Waals surface area (Å²) in [5, 5.41) is 9.52. The Kier molecular flexibility index (Phi) is 7.24. The number of benzene rings is 2. The molecule has 0 saturated carbocycles. The summed E-state index contributed by atoms with van der Waals surface area (Å²) in [4.78, 5) is 13.8. The van der Waals surface area contributed by atoms with Gasteiger partial charge >= 0.3 is 6.09 Å². The van der Waals surface area contributed by atoms with E-state index in [1.165, 1.54) is 4.31 Å². The molecule has 0 aromatic heterocycles. The van der Waals surface area contributed by atoms with Crippen molar-refractivity contribution in [3.63, 3.8) is 0 Å². The molecule has 0 aliphatic carbocycles. The normalized spacial score (nSPS) is 15.8. The number of amides is 1. The van der Waals surface area contributed by atoms with Gasteiger partial charge in [-0.3, -0.25) is 4.21 Å². The number of carbonyl (C=O) groups is 1. The van der Waals surface area contributed by atoms with Gasteiger partial charge < -0.3 is 23.6 Å². The first-order chi connectivity index (χ1) is 13.9. The van der Waals surface area contributed by atoms with Crippen LogP contribution in [0.3, 0.4) is 0 Å². The van der Waals surface area contributed by atoms with Crippen LogP contribution < -0.4 is 9.04 Å². The van der Waals surface area contributed by atoms with Gasteiger partial charge in [-0.25, -0.2) is 4.79 Å². The Morgan fingerprint density at radius 1 is 1.17 bits per heavy atom. The Morgan fingerprint density at radius 2 is 1.79 bits per heavy atom. The SMILES string of the molecule is Cc1ccc(N(CCc2ccc(OC(=O)N3CCC(O)CC3)cc2)S(=O)[O-])cc1. The average Bonchev–Trinajstić information content (AvgIpc) is 2.71. The lowest BCUT2D eigenvalue weighted by Crippen LogP contribution is -2.41. The standard InChI is InChI=1S/C21H26N2O5S/c1-16-2-6-18(7-3-16)23(29(26)27)15-10-17-4-8-20(9-5-17)28-21(25)22-13-11-19(24)12-14-22/h2-9,19,24H,10-15H2,1H3,(H,26,27)/p-1. The van der Waals surface area contributed by atoms with E-state index in [2.05, 4.69) is 0 Å². The molecular weight excluding hydrogens is 392 g/mol. The van der Waals surface area contributed by atoms with Gasteiger partial charge in [0.25, 0.3) is 0 Å². The minimum absolute atomic E-state index is 0.314. The number of hydrogen-bond acceptors (Lipinski definition) is 5. The van der Waals surface area contributed by atoms with Gasteiger partial charge in [-0.1, -0.05) is 29.8 Å². The van der Waals surface area contributed by atoms with Crippen molar-refractivity contribution in [1.82, 2.24) is 4.90 Å². The number of piperidine rings is 1. The number of aliphatic hydroxyl groups excluding tert-OH is 1. The summed E-state index contributed by atoms with van der Waals surface area (Å²) in [5.74, 6) is 0.438. The zero-order valence-corrected chi connectivity index (χ0v) is 17.1. The van der Waals surface area contributed by atoms with Gasteiger partial charge in [0.1, 0.15) is 5.75 Å². The molecule has 8 heteroatoms. The predicted octanol–water partition coefficient (Wildman–Crippen LogP) is 2.79. The third-order valence-electron chi connectivity index (χ3n) is 4.96. The number of ether oxygens (including phenoxy) is 1. The summed E-state index contributed by atoms with van der Waals surface area (Å²) in [7, 11) is 0. The van der Waals surface area contributed by atoms with Crippen molar-refractivity contribution in [2.24, 2.45) is 0 Å². The molecule has 1 atom stereocenters. The molecule has 1 saturated heterocycles. The zero-order chi connectivity index (χ0) is 20.8. The maximum Gasteiger partial charge on any atom is 0.415 e. The third kappa shape index (κ3) is 6.03. The van der Waals surface area contributed by atoms with E-state index in [-0.39, 0.29) is 6.10 Å². The van der Waals surface area contributed by atoms with Crippen molar-refractivity contribution in [2.75, 3.05) is 23.9 Å². The second-order valence-corrected chi connectivity index (χ2v) is 8.01. The average molecular weight is 418 g/mol. The van der Waals surface area contributed by atoms with E-state index in [1.54, 1.807) is 29.2 Å². The van der Waals surface area contributed by atoms with Gasteiger partial charge in [-0.05, 0) is 56.0 Å². The van der Waals surface area contributed by atoms with E-state index < -0.39 is 17.4 Å². The molecule has 1 amide bonds. The summed E-state index contributed by atoms with van der Waals surface area (Å²) in [6.07, 6.45) is 0.887. The Morgan fingerprint density at radius 3 is 2.38 bits per heavy atom. The number of rotatable bonds is 6. The van der Waals surface area contributed by atoms with Crippen LogP contribution in [0, 0.1) is 6.92 Å². The molecule has 2 aromatic carbocycles. The highest BCUT2D eigenvalue weighted by Gasteiger charge is 2.22. The number of nitrogens with zero attached hydrogens (tertiary/aromatic N) is 2. The molecule has 1 heterocycles. The van der Waals surface area contributed by atoms with Crippen LogP contribution in [-0.2, 0) is 17.7 Å². The third-order valence-corrected chi connectivity index (χ3v) is 5.71. The van der Waals surface area contributed by atoms with E-state index in [9.17, 15) is 18.7 Å². The van der Waals surface area contributed by atoms with Gasteiger partial charge in [-0.15, -0.1) is 0 Å². The molecule has 1 aliphatic heterocycles. The molecule has 2 aromatic rings. The Labute approximate surface area is 173 Å². The molecule has 1 aliphatic rings. The Balaban J connectivity index is 1.55. The van der Waals surface area contributed by atoms with Crippen molar-refractivity contribution in [3.8, 4) is 5.75 Å². The van der Waals surface area contributed by atoms with E-state index in [1.807, 2.05) is 31.2 Å². The summed E-state index contributed by atoms with van der Waals surface area (Å²) < 4.78 is 29.9. The lowest BCUT2D eigenvalue weighted by Gasteiger charge is -2.28. The van der Waals surface area contributed by atoms with Crippen molar-refractivity contribution in [2.45, 2.75) is 32.3 Å². The summed E-state index contributed by atoms with van der Waals surface area (Å²) >= 11 is -2.36. The second kappa shape index (κ2) is 9.87. The van der Waals surface area contributed by atoms with Gasteiger partial charge in [0.15, 0.2) is 0 Å². The van der Waals surface area contributed by atoms with Crippen LogP contribution in [0.25, 0.3) is 0 Å². The van der Waals surface area contributed by atoms with Crippen molar-refractivity contribution in [1.29, 1.82) is 0 Å². The molecule has 1 fully saturated rings. The first-order valence-corrected chi connectivity index (χ1v) is 10.6. The highest BCUT2D eigenvalue weighted by Crippen LogP contribution is 2.19. The maximum absolute atomic E-state index is 12.2. The van der Waals surface area contributed by atoms with Gasteiger partial charge in [0, 0.05) is 36.6 Å². The molecule has 29 heavy (non-hydrogen) atoms. The molecular formula is C21H25N2O5S-. The number of aryl methyl sites for hydroxylation is 1. The van der Waals surface area contributed by atoms with Crippen molar-refractivity contribution in [3.05, 3.63) is 59.7 Å². The smallest absolute Gasteiger partial charge is 0.415 e. The monoisotopic (exact) mass is 417 g/mol. The van der Waals surface area contributed by atoms with Crippen molar-refractivity contribution < 1.29 is 23.4 Å². The van der Waals surface area contributed by atoms with E-state index in [4.69, 9.17) is 4.74 Å². The minimum atomic E-state index is -2.36. The van der Waals surface area contributed by atoms with E-state index in [0.29, 0.717) is 50.3 Å². The lowest BCUT2D eigenvalue weighted by atomic mass is 10.1. The molecule has 1 unspecified atom stereocenters. The van der Waals surface area contributed by atoms with Crippen LogP contribution in [0.4, 0.5) is 10.5 Å². The molecule has 3 rings (SSSR count). The van der Waals surface area contributed by atoms with Gasteiger partial charge in [0.2, 0.25) is 0 Å². The molecule has 156 valence electrons. The number of hydrogen-bond donors (Lipinski definition) is 1. The molecule has 1 N–H and O–H groups in total. The van der Waals surface area contributed by atoms with Crippen molar-refractivity contribution >= 4 is 23.0 Å². The topological polar surface area (TPSA) is 93.1 Å². The number of carbonyl (C=O) groups excluding carboxylic acids is 1. The number of likely N-dealkylation sites (tertiary alicyclic amines) is 1. The lowest BCUT2D eigenvalue weighted by molar-refractivity contribution is 0.0798. The highest BCUT2D eigenvalue weighted by atomic mass is 32.2. The van der Waals surface area contributed by atoms with Crippen LogP contribution in [-0.4, -0.2) is 50.6 Å². The van der Waals surface area contributed by atoms with Crippen LogP contribution in [0.2, 0.25) is 0 Å². The molecule has 7 nitrogen and oxygen atoms in total. The minimum Gasteiger partial charge on any atom is -0.755 e. The summed E-state index contributed by atoms with van der Waals surface area (Å²) in [6.45, 7) is 3.23. The molecule has 0 radical (unpaired) electrons. The largest absolute Gasteiger partial charge is 0.755 e. The summed E-state index contributed by atoms with van der Waals surface area (Å²) in [5.41, 5.74) is 2.63. The molecule has 0 spiro atoms. The maximum atomic E-state index is 12.2. The quantitative estimate of drug-likeness (QED) is 0.730. The fourth-order valence-electron chi connectivity index (χ4n) is 3.17. The highest BCUT2D eigenvalue weighted by molar-refractivity contribution is 7.80. The predicted molar refractivity (Wildman–Crippen MR) is 110 cm³/mol. The van der Waals surface area contributed by atoms with Crippen LogP contribution in [0.5, 0.6) is 5.75 Å². The fraction of sp³-hybridized carbons (Fsp3) is 0.381. The number of aliphatic hydroxyl groups is 1. The Bertz CT molecular complexity index is 833. The van der Waals surface area contributed by atoms with Crippen LogP contribution in [0.1, 0.15) is 24.0 Å². The zero-order valence-electron chi connectivity index (χ0n) is 16.3. The van der Waals surface area contributed by atoms with Crippen LogP contribution >= 0.6 is 0 Å². The first-order valence-electron chi connectivity index (χ1n) is 9.60. The van der Waals surface area contributed by atoms with Gasteiger partial charge in [0.05, 0.1) is 6.10 Å². The van der Waals surface area contributed by atoms with E-state index >= 15 is 0 Å².